The standard InChI is InChI=1S/C22H18F4N4O3/c1-30-11-15(18(29-30)14-7-2-3-8-16(14)23)21(33)28-17(19(31)20(27)32)10-12-5-4-6-13(9-12)22(24,25)26/h2-9,11,17H,10H2,1H3,(H2,27,32)(H,28,33). The van der Waals surface area contributed by atoms with Gasteiger partial charge in [0.05, 0.1) is 11.1 Å². The molecule has 0 bridgehead atoms. The molecule has 1 aromatic heterocycles. The smallest absolute Gasteiger partial charge is 0.363 e. The van der Waals surface area contributed by atoms with Crippen molar-refractivity contribution in [1.29, 1.82) is 0 Å². The number of carbonyl (C=O) groups is 3. The van der Waals surface area contributed by atoms with E-state index >= 15 is 0 Å². The third-order valence-electron chi connectivity index (χ3n) is 4.76. The lowest BCUT2D eigenvalue weighted by atomic mass is 9.99. The zero-order valence-corrected chi connectivity index (χ0v) is 17.2. The Balaban J connectivity index is 1.93. The summed E-state index contributed by atoms with van der Waals surface area (Å²) in [6.07, 6.45) is -3.76. The third-order valence-corrected chi connectivity index (χ3v) is 4.76. The molecular weight excluding hydrogens is 444 g/mol. The fourth-order valence-corrected chi connectivity index (χ4v) is 3.23. The van der Waals surface area contributed by atoms with Crippen LogP contribution < -0.4 is 11.1 Å². The molecule has 1 unspecified atom stereocenters. The number of carbonyl (C=O) groups excluding carboxylic acids is 3. The summed E-state index contributed by atoms with van der Waals surface area (Å²) in [7, 11) is 1.50. The molecule has 0 saturated heterocycles. The quantitative estimate of drug-likeness (QED) is 0.416. The van der Waals surface area contributed by atoms with Gasteiger partial charge in [0, 0.05) is 25.2 Å². The normalized spacial score (nSPS) is 12.3. The summed E-state index contributed by atoms with van der Waals surface area (Å²) < 4.78 is 54.6. The predicted molar refractivity (Wildman–Crippen MR) is 109 cm³/mol. The number of aromatic nitrogens is 2. The minimum atomic E-state index is -4.62. The number of nitrogens with zero attached hydrogens (tertiary/aromatic N) is 2. The number of alkyl halides is 3. The van der Waals surface area contributed by atoms with Crippen LogP contribution in [0.25, 0.3) is 11.3 Å². The highest BCUT2D eigenvalue weighted by molar-refractivity contribution is 6.38. The van der Waals surface area contributed by atoms with Gasteiger partial charge in [0.2, 0.25) is 5.78 Å². The Kier molecular flexibility index (Phi) is 6.61. The summed E-state index contributed by atoms with van der Waals surface area (Å²) in [6, 6.07) is 8.15. The van der Waals surface area contributed by atoms with Gasteiger partial charge in [0.15, 0.2) is 0 Å². The lowest BCUT2D eigenvalue weighted by Gasteiger charge is -2.17. The Hall–Kier alpha value is -4.02. The fraction of sp³-hybridized carbons (Fsp3) is 0.182. The first-order valence-electron chi connectivity index (χ1n) is 9.56. The average molecular weight is 462 g/mol. The van der Waals surface area contributed by atoms with Gasteiger partial charge in [-0.3, -0.25) is 19.1 Å². The molecule has 7 nitrogen and oxygen atoms in total. The molecule has 0 aliphatic rings. The number of primary amides is 1. The molecule has 0 aliphatic carbocycles. The van der Waals surface area contributed by atoms with Crippen LogP contribution in [0.4, 0.5) is 17.6 Å². The molecule has 0 aliphatic heterocycles. The number of halogens is 4. The molecule has 1 atom stereocenters. The largest absolute Gasteiger partial charge is 0.416 e. The minimum Gasteiger partial charge on any atom is -0.363 e. The summed E-state index contributed by atoms with van der Waals surface area (Å²) >= 11 is 0. The van der Waals surface area contributed by atoms with Gasteiger partial charge in [-0.2, -0.15) is 18.3 Å². The van der Waals surface area contributed by atoms with Gasteiger partial charge in [-0.25, -0.2) is 4.39 Å². The van der Waals surface area contributed by atoms with E-state index in [9.17, 15) is 31.9 Å². The monoisotopic (exact) mass is 462 g/mol. The van der Waals surface area contributed by atoms with E-state index in [0.29, 0.717) is 0 Å². The first kappa shape index (κ1) is 23.6. The van der Waals surface area contributed by atoms with Crippen LogP contribution in [0.1, 0.15) is 21.5 Å². The number of rotatable bonds is 7. The second kappa shape index (κ2) is 9.23. The number of ketones is 1. The highest BCUT2D eigenvalue weighted by atomic mass is 19.4. The Labute approximate surface area is 185 Å². The van der Waals surface area contributed by atoms with Crippen molar-refractivity contribution in [1.82, 2.24) is 15.1 Å². The number of aryl methyl sites for hydroxylation is 1. The average Bonchev–Trinajstić information content (AvgIpc) is 3.14. The molecule has 0 fully saturated rings. The first-order chi connectivity index (χ1) is 15.5. The molecule has 2 aromatic carbocycles. The van der Waals surface area contributed by atoms with E-state index in [0.717, 1.165) is 18.2 Å². The molecule has 172 valence electrons. The van der Waals surface area contributed by atoms with Gasteiger partial charge in [-0.1, -0.05) is 30.3 Å². The van der Waals surface area contributed by atoms with E-state index in [1.807, 2.05) is 0 Å². The van der Waals surface area contributed by atoms with Gasteiger partial charge in [-0.05, 0) is 23.8 Å². The molecule has 3 aromatic rings. The Morgan fingerprint density at radius 3 is 2.45 bits per heavy atom. The highest BCUT2D eigenvalue weighted by Crippen LogP contribution is 2.30. The molecule has 0 saturated carbocycles. The molecule has 2 amide bonds. The van der Waals surface area contributed by atoms with Crippen molar-refractivity contribution in [2.75, 3.05) is 0 Å². The number of amides is 2. The van der Waals surface area contributed by atoms with E-state index in [4.69, 9.17) is 5.73 Å². The molecule has 3 rings (SSSR count). The van der Waals surface area contributed by atoms with E-state index in [-0.39, 0.29) is 22.4 Å². The zero-order chi connectivity index (χ0) is 24.3. The fourth-order valence-electron chi connectivity index (χ4n) is 3.23. The lowest BCUT2D eigenvalue weighted by Crippen LogP contribution is -2.47. The number of nitrogens with two attached hydrogens (primary N) is 1. The Bertz CT molecular complexity index is 1220. The van der Waals surface area contributed by atoms with E-state index in [1.165, 1.54) is 42.2 Å². The van der Waals surface area contributed by atoms with Crippen LogP contribution in [0, 0.1) is 5.82 Å². The van der Waals surface area contributed by atoms with E-state index in [2.05, 4.69) is 10.4 Å². The van der Waals surface area contributed by atoms with E-state index in [1.54, 1.807) is 6.07 Å². The summed E-state index contributed by atoms with van der Waals surface area (Å²) in [6.45, 7) is 0. The maximum atomic E-state index is 14.3. The van der Waals surface area contributed by atoms with Gasteiger partial charge in [0.1, 0.15) is 17.6 Å². The van der Waals surface area contributed by atoms with Gasteiger partial charge >= 0.3 is 6.18 Å². The molecule has 33 heavy (non-hydrogen) atoms. The van der Waals surface area contributed by atoms with Crippen molar-refractivity contribution in [3.8, 4) is 11.3 Å². The predicted octanol–water partition coefficient (Wildman–Crippen LogP) is 2.64. The van der Waals surface area contributed by atoms with Crippen molar-refractivity contribution in [2.45, 2.75) is 18.6 Å². The number of hydrogen-bond acceptors (Lipinski definition) is 4. The third kappa shape index (κ3) is 5.43. The molecule has 0 radical (unpaired) electrons. The summed E-state index contributed by atoms with van der Waals surface area (Å²) in [5, 5.41) is 6.40. The number of benzene rings is 2. The molecular formula is C22H18F4N4O3. The molecule has 11 heteroatoms. The van der Waals surface area contributed by atoms with Crippen molar-refractivity contribution in [3.05, 3.63) is 77.2 Å². The van der Waals surface area contributed by atoms with Crippen LogP contribution in [0.5, 0.6) is 0 Å². The zero-order valence-electron chi connectivity index (χ0n) is 17.2. The van der Waals surface area contributed by atoms with Gasteiger partial charge < -0.3 is 11.1 Å². The summed E-state index contributed by atoms with van der Waals surface area (Å²) in [4.78, 5) is 36.8. The molecule has 1 heterocycles. The molecule has 3 N–H and O–H groups in total. The van der Waals surface area contributed by atoms with Crippen LogP contribution in [0.3, 0.4) is 0 Å². The Morgan fingerprint density at radius 1 is 1.12 bits per heavy atom. The van der Waals surface area contributed by atoms with Crippen LogP contribution >= 0.6 is 0 Å². The Morgan fingerprint density at radius 2 is 1.82 bits per heavy atom. The summed E-state index contributed by atoms with van der Waals surface area (Å²) in [5.41, 5.74) is 4.06. The van der Waals surface area contributed by atoms with Crippen molar-refractivity contribution < 1.29 is 31.9 Å². The van der Waals surface area contributed by atoms with Crippen molar-refractivity contribution in [2.24, 2.45) is 12.8 Å². The maximum Gasteiger partial charge on any atom is 0.416 e. The van der Waals surface area contributed by atoms with Gasteiger partial charge in [-0.15, -0.1) is 0 Å². The van der Waals surface area contributed by atoms with Crippen LogP contribution in [-0.4, -0.2) is 33.4 Å². The topological polar surface area (TPSA) is 107 Å². The lowest BCUT2D eigenvalue weighted by molar-refractivity contribution is -0.137. The van der Waals surface area contributed by atoms with Crippen molar-refractivity contribution in [3.63, 3.8) is 0 Å². The first-order valence-corrected chi connectivity index (χ1v) is 9.56. The number of Topliss-reactive ketones (excluding diaryl/α,β-unsaturated/α-hetero) is 1. The van der Waals surface area contributed by atoms with Gasteiger partial charge in [0.25, 0.3) is 11.8 Å². The maximum absolute atomic E-state index is 14.3. The second-order valence-corrected chi connectivity index (χ2v) is 7.20. The van der Waals surface area contributed by atoms with Crippen LogP contribution in [-0.2, 0) is 29.2 Å². The van der Waals surface area contributed by atoms with E-state index < -0.39 is 47.6 Å². The highest BCUT2D eigenvalue weighted by Gasteiger charge is 2.32. The second-order valence-electron chi connectivity index (χ2n) is 7.20. The van der Waals surface area contributed by atoms with Crippen LogP contribution in [0.15, 0.2) is 54.7 Å². The molecule has 0 spiro atoms. The number of hydrogen-bond donors (Lipinski definition) is 2. The van der Waals surface area contributed by atoms with Crippen molar-refractivity contribution >= 4 is 17.6 Å². The summed E-state index contributed by atoms with van der Waals surface area (Å²) in [5.74, 6) is -4.09. The van der Waals surface area contributed by atoms with Crippen LogP contribution in [0.2, 0.25) is 0 Å². The minimum absolute atomic E-state index is 0.0163. The SMILES string of the molecule is Cn1cc(C(=O)NC(Cc2cccc(C(F)(F)F)c2)C(=O)C(N)=O)c(-c2ccccc2F)n1. The number of nitrogens with one attached hydrogen (secondary N) is 1.